The minimum atomic E-state index is 0. The van der Waals surface area contributed by atoms with E-state index in [4.69, 9.17) is 4.74 Å². The number of nitrogens with one attached hydrogen (secondary N) is 1. The summed E-state index contributed by atoms with van der Waals surface area (Å²) in [7, 11) is 3.80. The zero-order valence-corrected chi connectivity index (χ0v) is 21.9. The van der Waals surface area contributed by atoms with E-state index in [1.165, 1.54) is 37.1 Å². The Kier molecular flexibility index (Phi) is 9.36. The maximum Gasteiger partial charge on any atom is 0.194 e. The molecule has 2 aliphatic rings. The van der Waals surface area contributed by atoms with Crippen LogP contribution in [0.1, 0.15) is 42.6 Å². The monoisotopic (exact) mass is 552 g/mol. The third kappa shape index (κ3) is 6.45. The van der Waals surface area contributed by atoms with Crippen molar-refractivity contribution >= 4 is 29.9 Å². The molecule has 0 aliphatic carbocycles. The maximum atomic E-state index is 5.99. The lowest BCUT2D eigenvalue weighted by molar-refractivity contribution is -0.00805. The Hall–Kier alpha value is -1.65. The number of piperidine rings is 1. The van der Waals surface area contributed by atoms with Crippen molar-refractivity contribution in [2.24, 2.45) is 18.0 Å². The molecular formula is C24H37IN6O. The fourth-order valence-corrected chi connectivity index (χ4v) is 4.71. The Labute approximate surface area is 209 Å². The molecule has 0 amide bonds. The summed E-state index contributed by atoms with van der Waals surface area (Å²) in [6, 6.07) is 8.80. The molecule has 2 unspecified atom stereocenters. The number of guanidine groups is 1. The molecule has 2 atom stereocenters. The van der Waals surface area contributed by atoms with E-state index in [0.29, 0.717) is 6.61 Å². The van der Waals surface area contributed by atoms with E-state index < -0.39 is 0 Å². The number of hydrogen-bond acceptors (Lipinski definition) is 4. The van der Waals surface area contributed by atoms with Crippen LogP contribution < -0.4 is 5.32 Å². The SMILES string of the molecule is CN=C(NCc1ccccc1CN1CCCC(C)C1)N1CCOC(c2cnn(C)c2)C1.I. The van der Waals surface area contributed by atoms with E-state index in [1.54, 1.807) is 0 Å². The molecule has 2 aromatic rings. The topological polar surface area (TPSA) is 57.9 Å². The van der Waals surface area contributed by atoms with Crippen LogP contribution in [0.3, 0.4) is 0 Å². The van der Waals surface area contributed by atoms with Crippen molar-refractivity contribution in [1.82, 2.24) is 24.9 Å². The summed E-state index contributed by atoms with van der Waals surface area (Å²) in [4.78, 5) is 9.45. The highest BCUT2D eigenvalue weighted by Gasteiger charge is 2.25. The summed E-state index contributed by atoms with van der Waals surface area (Å²) in [5.41, 5.74) is 3.87. The molecular weight excluding hydrogens is 515 g/mol. The van der Waals surface area contributed by atoms with Crippen molar-refractivity contribution in [2.75, 3.05) is 39.8 Å². The number of hydrogen-bond donors (Lipinski definition) is 1. The summed E-state index contributed by atoms with van der Waals surface area (Å²) in [6.45, 7) is 8.88. The van der Waals surface area contributed by atoms with Gasteiger partial charge in [-0.25, -0.2) is 0 Å². The maximum absolute atomic E-state index is 5.99. The fourth-order valence-electron chi connectivity index (χ4n) is 4.71. The molecule has 0 saturated carbocycles. The molecule has 1 aromatic carbocycles. The van der Waals surface area contributed by atoms with Crippen LogP contribution in [0, 0.1) is 5.92 Å². The number of aryl methyl sites for hydroxylation is 1. The Morgan fingerprint density at radius 3 is 2.75 bits per heavy atom. The van der Waals surface area contributed by atoms with Gasteiger partial charge in [-0.15, -0.1) is 24.0 Å². The highest BCUT2D eigenvalue weighted by Crippen LogP contribution is 2.22. The van der Waals surface area contributed by atoms with Crippen molar-refractivity contribution < 1.29 is 4.74 Å². The van der Waals surface area contributed by atoms with Crippen LogP contribution in [0.15, 0.2) is 41.7 Å². The quantitative estimate of drug-likeness (QED) is 0.350. The second-order valence-corrected chi connectivity index (χ2v) is 8.90. The first-order valence-corrected chi connectivity index (χ1v) is 11.5. The summed E-state index contributed by atoms with van der Waals surface area (Å²) >= 11 is 0. The first-order chi connectivity index (χ1) is 15.1. The van der Waals surface area contributed by atoms with Crippen LogP contribution in [-0.4, -0.2) is 65.4 Å². The predicted octanol–water partition coefficient (Wildman–Crippen LogP) is 3.42. The van der Waals surface area contributed by atoms with Gasteiger partial charge in [0.2, 0.25) is 0 Å². The minimum Gasteiger partial charge on any atom is -0.370 e. The molecule has 8 heteroatoms. The molecule has 2 fully saturated rings. The van der Waals surface area contributed by atoms with E-state index in [2.05, 4.69) is 56.4 Å². The second kappa shape index (κ2) is 12.0. The lowest BCUT2D eigenvalue weighted by atomic mass is 9.99. The van der Waals surface area contributed by atoms with Crippen LogP contribution in [0.25, 0.3) is 0 Å². The molecule has 32 heavy (non-hydrogen) atoms. The molecule has 7 nitrogen and oxygen atoms in total. The van der Waals surface area contributed by atoms with Crippen LogP contribution in [0.2, 0.25) is 0 Å². The number of aliphatic imine (C=N–C) groups is 1. The molecule has 176 valence electrons. The molecule has 1 N–H and O–H groups in total. The van der Waals surface area contributed by atoms with Gasteiger partial charge < -0.3 is 15.0 Å². The predicted molar refractivity (Wildman–Crippen MR) is 139 cm³/mol. The number of benzene rings is 1. The van der Waals surface area contributed by atoms with E-state index in [-0.39, 0.29) is 30.1 Å². The van der Waals surface area contributed by atoms with Crippen molar-refractivity contribution in [3.05, 3.63) is 53.3 Å². The first-order valence-electron chi connectivity index (χ1n) is 11.5. The largest absolute Gasteiger partial charge is 0.370 e. The van der Waals surface area contributed by atoms with E-state index in [1.807, 2.05) is 31.2 Å². The van der Waals surface area contributed by atoms with Crippen LogP contribution in [0.4, 0.5) is 0 Å². The average molecular weight is 553 g/mol. The number of likely N-dealkylation sites (tertiary alicyclic amines) is 1. The van der Waals surface area contributed by atoms with Crippen LogP contribution in [-0.2, 0) is 24.9 Å². The van der Waals surface area contributed by atoms with Crippen molar-refractivity contribution in [3.63, 3.8) is 0 Å². The number of aromatic nitrogens is 2. The zero-order chi connectivity index (χ0) is 21.6. The molecule has 2 saturated heterocycles. The highest BCUT2D eigenvalue weighted by atomic mass is 127. The van der Waals surface area contributed by atoms with Gasteiger partial charge >= 0.3 is 0 Å². The molecule has 0 bridgehead atoms. The molecule has 0 spiro atoms. The standard InChI is InChI=1S/C24H36N6O.HI/c1-19-7-6-10-29(15-19)17-21-9-5-4-8-20(21)13-26-24(25-2)30-11-12-31-23(18-30)22-14-27-28(3)16-22;/h4-5,8-9,14,16,19,23H,6-7,10-13,15,17-18H2,1-3H3,(H,25,26);1H. The van der Waals surface area contributed by atoms with Gasteiger partial charge in [-0.1, -0.05) is 31.2 Å². The highest BCUT2D eigenvalue weighted by molar-refractivity contribution is 14.0. The van der Waals surface area contributed by atoms with Gasteiger partial charge in [0.05, 0.1) is 19.3 Å². The normalized spacial score (nSPS) is 22.5. The molecule has 1 aromatic heterocycles. The lowest BCUT2D eigenvalue weighted by Gasteiger charge is -2.35. The molecule has 0 radical (unpaired) electrons. The summed E-state index contributed by atoms with van der Waals surface area (Å²) in [5.74, 6) is 1.73. The Morgan fingerprint density at radius 1 is 1.22 bits per heavy atom. The number of halogens is 1. The second-order valence-electron chi connectivity index (χ2n) is 8.90. The summed E-state index contributed by atoms with van der Waals surface area (Å²) in [6.07, 6.45) is 6.61. The van der Waals surface area contributed by atoms with Crippen molar-refractivity contribution in [2.45, 2.75) is 39.0 Å². The molecule has 3 heterocycles. The van der Waals surface area contributed by atoms with Gasteiger partial charge in [-0.3, -0.25) is 14.6 Å². The van der Waals surface area contributed by atoms with Gasteiger partial charge in [-0.2, -0.15) is 5.10 Å². The lowest BCUT2D eigenvalue weighted by Crippen LogP contribution is -2.48. The number of ether oxygens (including phenoxy) is 1. The van der Waals surface area contributed by atoms with E-state index in [9.17, 15) is 0 Å². The van der Waals surface area contributed by atoms with Crippen LogP contribution in [0.5, 0.6) is 0 Å². The average Bonchev–Trinajstić information content (AvgIpc) is 3.22. The molecule has 2 aliphatic heterocycles. The molecule has 4 rings (SSSR count). The Bertz CT molecular complexity index is 885. The Balaban J connectivity index is 0.00000289. The van der Waals surface area contributed by atoms with Gasteiger partial charge in [-0.05, 0) is 36.4 Å². The fraction of sp³-hybridized carbons (Fsp3) is 0.583. The van der Waals surface area contributed by atoms with Gasteiger partial charge in [0.25, 0.3) is 0 Å². The summed E-state index contributed by atoms with van der Waals surface area (Å²) < 4.78 is 7.82. The number of morpholine rings is 1. The third-order valence-electron chi connectivity index (χ3n) is 6.36. The third-order valence-corrected chi connectivity index (χ3v) is 6.36. The minimum absolute atomic E-state index is 0. The van der Waals surface area contributed by atoms with E-state index in [0.717, 1.165) is 43.6 Å². The van der Waals surface area contributed by atoms with Crippen molar-refractivity contribution in [1.29, 1.82) is 0 Å². The van der Waals surface area contributed by atoms with Crippen molar-refractivity contribution in [3.8, 4) is 0 Å². The van der Waals surface area contributed by atoms with E-state index >= 15 is 0 Å². The number of rotatable bonds is 5. The van der Waals surface area contributed by atoms with Crippen LogP contribution >= 0.6 is 24.0 Å². The Morgan fingerprint density at radius 2 is 2.03 bits per heavy atom. The first kappa shape index (κ1) is 25.0. The summed E-state index contributed by atoms with van der Waals surface area (Å²) in [5, 5.41) is 7.89. The van der Waals surface area contributed by atoms with Gasteiger partial charge in [0.15, 0.2) is 5.96 Å². The smallest absolute Gasteiger partial charge is 0.194 e. The zero-order valence-electron chi connectivity index (χ0n) is 19.5. The number of nitrogens with zero attached hydrogens (tertiary/aromatic N) is 5. The van der Waals surface area contributed by atoms with Gasteiger partial charge in [0.1, 0.15) is 6.10 Å². The van der Waals surface area contributed by atoms with Gasteiger partial charge in [0, 0.05) is 52.0 Å².